The first kappa shape index (κ1) is 18.3. The monoisotopic (exact) mass is 420 g/mol. The molecule has 0 saturated heterocycles. The highest BCUT2D eigenvalue weighted by molar-refractivity contribution is 9.10. The largest absolute Gasteiger partial charge is 0.366 e. The molecule has 27 heavy (non-hydrogen) atoms. The summed E-state index contributed by atoms with van der Waals surface area (Å²) in [5.41, 5.74) is 6.80. The van der Waals surface area contributed by atoms with Crippen LogP contribution < -0.4 is 10.6 Å². The summed E-state index contributed by atoms with van der Waals surface area (Å²) in [7, 11) is 0. The standard InChI is InChI=1S/C20H13BrN4O2/c21-15-9-10-18(24-12-15)25(17-4-2-1-3-16(17)19(23)26)20(27)14-7-5-13(11-22)6-8-14/h1-10,12H,(H2,23,26). The topological polar surface area (TPSA) is 100 Å². The Kier molecular flexibility index (Phi) is 5.29. The fourth-order valence-electron chi connectivity index (χ4n) is 2.53. The van der Waals surface area contributed by atoms with Crippen LogP contribution in [0.5, 0.6) is 0 Å². The molecule has 0 fully saturated rings. The average Bonchev–Trinajstić information content (AvgIpc) is 2.70. The Hall–Kier alpha value is -3.50. The third-order valence-electron chi connectivity index (χ3n) is 3.82. The second-order valence-corrected chi connectivity index (χ2v) is 6.46. The molecular weight excluding hydrogens is 408 g/mol. The van der Waals surface area contributed by atoms with Crippen LogP contribution in [-0.4, -0.2) is 16.8 Å². The van der Waals surface area contributed by atoms with E-state index in [1.165, 1.54) is 4.90 Å². The van der Waals surface area contributed by atoms with Gasteiger partial charge in [-0.3, -0.25) is 14.5 Å². The number of carbonyl (C=O) groups is 2. The lowest BCUT2D eigenvalue weighted by Crippen LogP contribution is -2.29. The Morgan fingerprint density at radius 2 is 1.74 bits per heavy atom. The van der Waals surface area contributed by atoms with Gasteiger partial charge in [-0.05, 0) is 64.5 Å². The Morgan fingerprint density at radius 3 is 2.33 bits per heavy atom. The number of para-hydroxylation sites is 1. The Labute approximate surface area is 164 Å². The van der Waals surface area contributed by atoms with Crippen molar-refractivity contribution in [3.63, 3.8) is 0 Å². The molecule has 3 aromatic rings. The van der Waals surface area contributed by atoms with E-state index in [1.54, 1.807) is 66.9 Å². The van der Waals surface area contributed by atoms with Crippen LogP contribution in [0.1, 0.15) is 26.3 Å². The number of hydrogen-bond acceptors (Lipinski definition) is 4. The molecule has 3 rings (SSSR count). The second-order valence-electron chi connectivity index (χ2n) is 5.55. The number of hydrogen-bond donors (Lipinski definition) is 1. The van der Waals surface area contributed by atoms with Crippen LogP contribution in [0.25, 0.3) is 0 Å². The number of rotatable bonds is 4. The third-order valence-corrected chi connectivity index (χ3v) is 4.28. The fraction of sp³-hybridized carbons (Fsp3) is 0. The van der Waals surface area contributed by atoms with Crippen molar-refractivity contribution in [1.82, 2.24) is 4.98 Å². The summed E-state index contributed by atoms with van der Waals surface area (Å²) in [5.74, 6) is -0.718. The smallest absolute Gasteiger partial charge is 0.264 e. The molecule has 7 heteroatoms. The summed E-state index contributed by atoms with van der Waals surface area (Å²) in [6, 6.07) is 18.2. The molecule has 0 radical (unpaired) electrons. The van der Waals surface area contributed by atoms with Crippen LogP contribution >= 0.6 is 15.9 Å². The van der Waals surface area contributed by atoms with Crippen molar-refractivity contribution in [3.05, 3.63) is 88.0 Å². The van der Waals surface area contributed by atoms with Gasteiger partial charge in [-0.1, -0.05) is 12.1 Å². The van der Waals surface area contributed by atoms with Gasteiger partial charge in [-0.15, -0.1) is 0 Å². The van der Waals surface area contributed by atoms with Crippen molar-refractivity contribution >= 4 is 39.2 Å². The predicted octanol–water partition coefficient (Wildman–Crippen LogP) is 3.79. The molecule has 0 spiro atoms. The normalized spacial score (nSPS) is 10.1. The van der Waals surface area contributed by atoms with Gasteiger partial charge < -0.3 is 5.73 Å². The molecule has 2 amide bonds. The van der Waals surface area contributed by atoms with Crippen LogP contribution in [0.4, 0.5) is 11.5 Å². The van der Waals surface area contributed by atoms with Gasteiger partial charge >= 0.3 is 0 Å². The zero-order chi connectivity index (χ0) is 19.4. The zero-order valence-corrected chi connectivity index (χ0v) is 15.6. The number of benzene rings is 2. The molecule has 0 atom stereocenters. The van der Waals surface area contributed by atoms with Crippen LogP contribution in [0.2, 0.25) is 0 Å². The molecule has 0 unspecified atom stereocenters. The number of primary amides is 1. The minimum Gasteiger partial charge on any atom is -0.366 e. The van der Waals surface area contributed by atoms with E-state index in [9.17, 15) is 9.59 Å². The zero-order valence-electron chi connectivity index (χ0n) is 14.0. The van der Waals surface area contributed by atoms with E-state index in [0.29, 0.717) is 22.6 Å². The lowest BCUT2D eigenvalue weighted by atomic mass is 10.1. The molecule has 2 aromatic carbocycles. The molecular formula is C20H13BrN4O2. The predicted molar refractivity (Wildman–Crippen MR) is 105 cm³/mol. The molecule has 0 saturated carbocycles. The van der Waals surface area contributed by atoms with E-state index in [2.05, 4.69) is 20.9 Å². The Bertz CT molecular complexity index is 1040. The van der Waals surface area contributed by atoms with Crippen LogP contribution in [0.3, 0.4) is 0 Å². The first-order valence-corrected chi connectivity index (χ1v) is 8.65. The van der Waals surface area contributed by atoms with Gasteiger partial charge in [0.25, 0.3) is 11.8 Å². The molecule has 6 nitrogen and oxygen atoms in total. The highest BCUT2D eigenvalue weighted by Gasteiger charge is 2.24. The number of aromatic nitrogens is 1. The molecule has 1 aromatic heterocycles. The molecule has 1 heterocycles. The second kappa shape index (κ2) is 7.81. The lowest BCUT2D eigenvalue weighted by Gasteiger charge is -2.24. The van der Waals surface area contributed by atoms with E-state index in [1.807, 2.05) is 6.07 Å². The van der Waals surface area contributed by atoms with E-state index >= 15 is 0 Å². The van der Waals surface area contributed by atoms with Gasteiger partial charge in [0.1, 0.15) is 5.82 Å². The van der Waals surface area contributed by atoms with Crippen LogP contribution in [0.15, 0.2) is 71.3 Å². The van der Waals surface area contributed by atoms with Crippen LogP contribution in [0, 0.1) is 11.3 Å². The van der Waals surface area contributed by atoms with Gasteiger partial charge in [0.15, 0.2) is 0 Å². The number of carbonyl (C=O) groups excluding carboxylic acids is 2. The maximum absolute atomic E-state index is 13.2. The SMILES string of the molecule is N#Cc1ccc(C(=O)N(c2ccc(Br)cn2)c2ccccc2C(N)=O)cc1. The van der Waals surface area contributed by atoms with Crippen molar-refractivity contribution in [2.75, 3.05) is 4.90 Å². The summed E-state index contributed by atoms with van der Waals surface area (Å²) in [6.45, 7) is 0. The lowest BCUT2D eigenvalue weighted by molar-refractivity contribution is 0.0998. The number of pyridine rings is 1. The van der Waals surface area contributed by atoms with E-state index in [-0.39, 0.29) is 5.56 Å². The number of nitrogens with two attached hydrogens (primary N) is 1. The Morgan fingerprint density at radius 1 is 1.04 bits per heavy atom. The summed E-state index contributed by atoms with van der Waals surface area (Å²) in [4.78, 5) is 30.7. The minimum absolute atomic E-state index is 0.198. The third kappa shape index (κ3) is 3.86. The fourth-order valence-corrected chi connectivity index (χ4v) is 2.77. The first-order chi connectivity index (χ1) is 13.0. The highest BCUT2D eigenvalue weighted by atomic mass is 79.9. The quantitative estimate of drug-likeness (QED) is 0.693. The number of nitrogens with zero attached hydrogens (tertiary/aromatic N) is 3. The van der Waals surface area contributed by atoms with E-state index in [4.69, 9.17) is 11.0 Å². The number of anilines is 2. The van der Waals surface area contributed by atoms with Gasteiger partial charge in [-0.25, -0.2) is 4.98 Å². The molecule has 132 valence electrons. The summed E-state index contributed by atoms with van der Waals surface area (Å²) in [5, 5.41) is 8.94. The number of nitriles is 1. The molecule has 0 aliphatic carbocycles. The van der Waals surface area contributed by atoms with Crippen molar-refractivity contribution in [1.29, 1.82) is 5.26 Å². The van der Waals surface area contributed by atoms with Gasteiger partial charge in [0.05, 0.1) is 22.9 Å². The van der Waals surface area contributed by atoms with Crippen LogP contribution in [-0.2, 0) is 0 Å². The molecule has 0 aliphatic rings. The summed E-state index contributed by atoms with van der Waals surface area (Å²) in [6.07, 6.45) is 1.56. The average molecular weight is 421 g/mol. The number of amides is 2. The van der Waals surface area contributed by atoms with E-state index < -0.39 is 11.8 Å². The van der Waals surface area contributed by atoms with Gasteiger partial charge in [0, 0.05) is 16.2 Å². The summed E-state index contributed by atoms with van der Waals surface area (Å²) < 4.78 is 0.750. The van der Waals surface area contributed by atoms with Crippen molar-refractivity contribution in [2.24, 2.45) is 5.73 Å². The van der Waals surface area contributed by atoms with Gasteiger partial charge in [0.2, 0.25) is 0 Å². The van der Waals surface area contributed by atoms with Crippen molar-refractivity contribution in [3.8, 4) is 6.07 Å². The van der Waals surface area contributed by atoms with Crippen molar-refractivity contribution < 1.29 is 9.59 Å². The maximum Gasteiger partial charge on any atom is 0.264 e. The molecule has 0 aliphatic heterocycles. The highest BCUT2D eigenvalue weighted by Crippen LogP contribution is 2.30. The maximum atomic E-state index is 13.2. The van der Waals surface area contributed by atoms with E-state index in [0.717, 1.165) is 4.47 Å². The summed E-state index contributed by atoms with van der Waals surface area (Å²) >= 11 is 3.32. The first-order valence-electron chi connectivity index (χ1n) is 7.86. The minimum atomic E-state index is -0.652. The molecule has 2 N–H and O–H groups in total. The van der Waals surface area contributed by atoms with Gasteiger partial charge in [-0.2, -0.15) is 5.26 Å². The number of halogens is 1. The molecule has 0 bridgehead atoms. The van der Waals surface area contributed by atoms with Crippen molar-refractivity contribution in [2.45, 2.75) is 0 Å². The Balaban J connectivity index is 2.16.